The molecule has 0 saturated heterocycles. The predicted molar refractivity (Wildman–Crippen MR) is 54.7 cm³/mol. The Bertz CT molecular complexity index is 284. The molecule has 76 valence electrons. The van der Waals surface area contributed by atoms with Crippen molar-refractivity contribution in [1.82, 2.24) is 0 Å². The molecule has 0 amide bonds. The van der Waals surface area contributed by atoms with Gasteiger partial charge in [-0.2, -0.15) is 0 Å². The van der Waals surface area contributed by atoms with Crippen molar-refractivity contribution in [1.29, 1.82) is 0 Å². The molecular weight excluding hydrogens is 176 g/mol. The van der Waals surface area contributed by atoms with E-state index in [-0.39, 0.29) is 12.0 Å². The van der Waals surface area contributed by atoms with Gasteiger partial charge in [0.25, 0.3) is 0 Å². The van der Waals surface area contributed by atoms with Crippen LogP contribution in [0.2, 0.25) is 0 Å². The molecule has 0 aliphatic heterocycles. The summed E-state index contributed by atoms with van der Waals surface area (Å²) in [5, 5.41) is 19.7. The van der Waals surface area contributed by atoms with Crippen molar-refractivity contribution < 1.29 is 10.2 Å². The quantitative estimate of drug-likeness (QED) is 0.751. The SMILES string of the molecule is O[C@@H]1CCC[C@H]1[C@@H](O)c1ccccc1. The number of hydrogen-bond acceptors (Lipinski definition) is 2. The Morgan fingerprint density at radius 1 is 1.14 bits per heavy atom. The molecule has 0 spiro atoms. The first-order chi connectivity index (χ1) is 6.79. The summed E-state index contributed by atoms with van der Waals surface area (Å²) in [4.78, 5) is 0. The van der Waals surface area contributed by atoms with E-state index < -0.39 is 6.10 Å². The lowest BCUT2D eigenvalue weighted by atomic mass is 9.93. The predicted octanol–water partition coefficient (Wildman–Crippen LogP) is 1.88. The molecule has 1 aliphatic rings. The largest absolute Gasteiger partial charge is 0.393 e. The highest BCUT2D eigenvalue weighted by molar-refractivity contribution is 5.18. The Hall–Kier alpha value is -0.860. The van der Waals surface area contributed by atoms with Gasteiger partial charge < -0.3 is 10.2 Å². The van der Waals surface area contributed by atoms with Gasteiger partial charge in [-0.15, -0.1) is 0 Å². The highest BCUT2D eigenvalue weighted by Crippen LogP contribution is 2.35. The van der Waals surface area contributed by atoms with Gasteiger partial charge in [-0.05, 0) is 18.4 Å². The molecule has 2 rings (SSSR count). The van der Waals surface area contributed by atoms with Gasteiger partial charge in [0, 0.05) is 5.92 Å². The van der Waals surface area contributed by atoms with Crippen LogP contribution in [-0.2, 0) is 0 Å². The number of hydrogen-bond donors (Lipinski definition) is 2. The lowest BCUT2D eigenvalue weighted by Crippen LogP contribution is -2.20. The molecule has 2 nitrogen and oxygen atoms in total. The monoisotopic (exact) mass is 192 g/mol. The van der Waals surface area contributed by atoms with Crippen molar-refractivity contribution >= 4 is 0 Å². The molecule has 0 unspecified atom stereocenters. The second-order valence-corrected chi connectivity index (χ2v) is 4.02. The fourth-order valence-electron chi connectivity index (χ4n) is 2.23. The molecule has 1 aromatic carbocycles. The summed E-state index contributed by atoms with van der Waals surface area (Å²) in [6.07, 6.45) is 1.94. The van der Waals surface area contributed by atoms with Crippen molar-refractivity contribution in [3.05, 3.63) is 35.9 Å². The van der Waals surface area contributed by atoms with Crippen LogP contribution >= 0.6 is 0 Å². The van der Waals surface area contributed by atoms with E-state index in [9.17, 15) is 10.2 Å². The molecule has 1 aliphatic carbocycles. The minimum Gasteiger partial charge on any atom is -0.393 e. The standard InChI is InChI=1S/C12H16O2/c13-11-8-4-7-10(11)12(14)9-5-2-1-3-6-9/h1-3,5-6,10-14H,4,7-8H2/t10-,11-,12+/m1/s1. The smallest absolute Gasteiger partial charge is 0.0842 e. The van der Waals surface area contributed by atoms with Gasteiger partial charge in [0.1, 0.15) is 0 Å². The first-order valence-electron chi connectivity index (χ1n) is 5.20. The van der Waals surface area contributed by atoms with Crippen molar-refractivity contribution in [2.75, 3.05) is 0 Å². The average Bonchev–Trinajstić information content (AvgIpc) is 2.65. The summed E-state index contributed by atoms with van der Waals surface area (Å²) in [6, 6.07) is 9.59. The summed E-state index contributed by atoms with van der Waals surface area (Å²) in [7, 11) is 0. The van der Waals surface area contributed by atoms with E-state index in [1.54, 1.807) is 0 Å². The number of benzene rings is 1. The third-order valence-corrected chi connectivity index (χ3v) is 3.08. The van der Waals surface area contributed by atoms with Gasteiger partial charge in [-0.1, -0.05) is 36.8 Å². The first kappa shape index (κ1) is 9.69. The zero-order valence-electron chi connectivity index (χ0n) is 8.13. The molecule has 2 N–H and O–H groups in total. The van der Waals surface area contributed by atoms with Crippen LogP contribution in [-0.4, -0.2) is 16.3 Å². The maximum absolute atomic E-state index is 10.0. The molecule has 2 heteroatoms. The van der Waals surface area contributed by atoms with E-state index in [4.69, 9.17) is 0 Å². The molecule has 0 aromatic heterocycles. The van der Waals surface area contributed by atoms with Crippen molar-refractivity contribution in [3.63, 3.8) is 0 Å². The molecule has 3 atom stereocenters. The molecule has 0 radical (unpaired) electrons. The third kappa shape index (κ3) is 1.81. The van der Waals surface area contributed by atoms with Crippen LogP contribution in [0.5, 0.6) is 0 Å². The summed E-state index contributed by atoms with van der Waals surface area (Å²) in [6.45, 7) is 0. The molecule has 1 aromatic rings. The summed E-state index contributed by atoms with van der Waals surface area (Å²) >= 11 is 0. The van der Waals surface area contributed by atoms with Crippen LogP contribution in [0.1, 0.15) is 30.9 Å². The Balaban J connectivity index is 2.12. The molecule has 1 fully saturated rings. The van der Waals surface area contributed by atoms with Gasteiger partial charge in [-0.3, -0.25) is 0 Å². The van der Waals surface area contributed by atoms with Crippen molar-refractivity contribution in [3.8, 4) is 0 Å². The van der Waals surface area contributed by atoms with Gasteiger partial charge in [0.2, 0.25) is 0 Å². The summed E-state index contributed by atoms with van der Waals surface area (Å²) in [5.41, 5.74) is 0.915. The van der Waals surface area contributed by atoms with E-state index in [0.29, 0.717) is 0 Å². The van der Waals surface area contributed by atoms with Crippen LogP contribution in [0.3, 0.4) is 0 Å². The van der Waals surface area contributed by atoms with Gasteiger partial charge in [0.15, 0.2) is 0 Å². The maximum atomic E-state index is 10.0. The normalized spacial score (nSPS) is 29.0. The minimum absolute atomic E-state index is 0.0254. The molecule has 14 heavy (non-hydrogen) atoms. The van der Waals surface area contributed by atoms with Crippen LogP contribution in [0, 0.1) is 5.92 Å². The molecular formula is C12H16O2. The molecule has 0 heterocycles. The van der Waals surface area contributed by atoms with E-state index in [0.717, 1.165) is 24.8 Å². The fourth-order valence-corrected chi connectivity index (χ4v) is 2.23. The van der Waals surface area contributed by atoms with E-state index in [1.807, 2.05) is 30.3 Å². The first-order valence-corrected chi connectivity index (χ1v) is 5.20. The molecule has 0 bridgehead atoms. The topological polar surface area (TPSA) is 40.5 Å². The van der Waals surface area contributed by atoms with Crippen molar-refractivity contribution in [2.24, 2.45) is 5.92 Å². The van der Waals surface area contributed by atoms with Crippen LogP contribution in [0.4, 0.5) is 0 Å². The fraction of sp³-hybridized carbons (Fsp3) is 0.500. The summed E-state index contributed by atoms with van der Waals surface area (Å²) in [5.74, 6) is 0.0254. The Morgan fingerprint density at radius 2 is 1.86 bits per heavy atom. The Labute approximate surface area is 84.2 Å². The van der Waals surface area contributed by atoms with E-state index >= 15 is 0 Å². The van der Waals surface area contributed by atoms with Gasteiger partial charge in [0.05, 0.1) is 12.2 Å². The summed E-state index contributed by atoms with van der Waals surface area (Å²) < 4.78 is 0. The van der Waals surface area contributed by atoms with Crippen LogP contribution in [0.15, 0.2) is 30.3 Å². The lowest BCUT2D eigenvalue weighted by Gasteiger charge is -2.21. The number of aliphatic hydroxyl groups is 2. The van der Waals surface area contributed by atoms with Gasteiger partial charge >= 0.3 is 0 Å². The third-order valence-electron chi connectivity index (χ3n) is 3.08. The second-order valence-electron chi connectivity index (χ2n) is 4.02. The number of rotatable bonds is 2. The molecule has 1 saturated carbocycles. The van der Waals surface area contributed by atoms with E-state index in [1.165, 1.54) is 0 Å². The number of aliphatic hydroxyl groups excluding tert-OH is 2. The zero-order valence-corrected chi connectivity index (χ0v) is 8.13. The van der Waals surface area contributed by atoms with Crippen LogP contribution in [0.25, 0.3) is 0 Å². The lowest BCUT2D eigenvalue weighted by molar-refractivity contribution is 0.0307. The highest BCUT2D eigenvalue weighted by atomic mass is 16.3. The Kier molecular flexibility index (Phi) is 2.85. The van der Waals surface area contributed by atoms with E-state index in [2.05, 4.69) is 0 Å². The average molecular weight is 192 g/mol. The second kappa shape index (κ2) is 4.11. The van der Waals surface area contributed by atoms with Gasteiger partial charge in [-0.25, -0.2) is 0 Å². The highest BCUT2D eigenvalue weighted by Gasteiger charge is 2.31. The maximum Gasteiger partial charge on any atom is 0.0842 e. The zero-order chi connectivity index (χ0) is 9.97. The van der Waals surface area contributed by atoms with Crippen LogP contribution < -0.4 is 0 Å². The van der Waals surface area contributed by atoms with Crippen molar-refractivity contribution in [2.45, 2.75) is 31.5 Å². The minimum atomic E-state index is -0.506. The Morgan fingerprint density at radius 3 is 2.43 bits per heavy atom.